The average molecular weight is 523 g/mol. The lowest BCUT2D eigenvalue weighted by Crippen LogP contribution is -2.30. The molecule has 8 heteroatoms. The lowest BCUT2D eigenvalue weighted by molar-refractivity contribution is -0.108. The molecule has 0 fully saturated rings. The first kappa shape index (κ1) is 24.0. The van der Waals surface area contributed by atoms with Crippen LogP contribution in [0.3, 0.4) is 0 Å². The summed E-state index contributed by atoms with van der Waals surface area (Å²) in [5.41, 5.74) is 6.64. The van der Waals surface area contributed by atoms with Gasteiger partial charge in [0.25, 0.3) is 0 Å². The van der Waals surface area contributed by atoms with E-state index in [1.807, 2.05) is 0 Å². The number of aryl methyl sites for hydroxylation is 1. The molecule has 3 aromatic rings. The van der Waals surface area contributed by atoms with E-state index < -0.39 is 0 Å². The molecule has 0 bridgehead atoms. The van der Waals surface area contributed by atoms with E-state index in [0.717, 1.165) is 49.3 Å². The second kappa shape index (κ2) is 10.1. The summed E-state index contributed by atoms with van der Waals surface area (Å²) in [7, 11) is 2.05. The second-order valence-corrected chi connectivity index (χ2v) is 10.8. The standard InChI is InChI=1S/C27H24Cl2N4OS/c1-32(27-31-26(25(16-30)35-27)20-12-21(28)15-22(29)13-20)24-5-4-18-2-3-19(14-23(18)24)17-6-8-33(9-7-17)10-11-34/h2-3,6,11-15,24H,4-5,7-10H2,1H3. The third kappa shape index (κ3) is 4.87. The summed E-state index contributed by atoms with van der Waals surface area (Å²) in [5.74, 6) is 0. The number of thiazole rings is 1. The molecule has 2 aliphatic rings. The zero-order chi connectivity index (χ0) is 24.5. The molecule has 0 spiro atoms. The van der Waals surface area contributed by atoms with Gasteiger partial charge in [0.1, 0.15) is 22.9 Å². The Morgan fingerprint density at radius 2 is 2.00 bits per heavy atom. The molecule has 178 valence electrons. The van der Waals surface area contributed by atoms with E-state index in [0.29, 0.717) is 27.2 Å². The Morgan fingerprint density at radius 3 is 2.69 bits per heavy atom. The average Bonchev–Trinajstić information content (AvgIpc) is 3.48. The molecule has 1 unspecified atom stereocenters. The number of halogens is 2. The Labute approximate surface area is 219 Å². The van der Waals surface area contributed by atoms with E-state index in [-0.39, 0.29) is 6.04 Å². The van der Waals surface area contributed by atoms with Gasteiger partial charge in [0.2, 0.25) is 0 Å². The third-order valence-corrected chi connectivity index (χ3v) is 8.30. The summed E-state index contributed by atoms with van der Waals surface area (Å²) in [5, 5.41) is 11.6. The molecule has 2 aromatic carbocycles. The van der Waals surface area contributed by atoms with Crippen molar-refractivity contribution < 1.29 is 4.79 Å². The highest BCUT2D eigenvalue weighted by Crippen LogP contribution is 2.42. The first-order valence-corrected chi connectivity index (χ1v) is 13.1. The normalized spacial score (nSPS) is 17.5. The van der Waals surface area contributed by atoms with E-state index in [2.05, 4.69) is 47.2 Å². The fourth-order valence-electron chi connectivity index (χ4n) is 4.98. The zero-order valence-corrected chi connectivity index (χ0v) is 21.6. The topological polar surface area (TPSA) is 60.2 Å². The molecule has 0 radical (unpaired) electrons. The number of fused-ring (bicyclic) bond motifs is 1. The summed E-state index contributed by atoms with van der Waals surface area (Å²) < 4.78 is 0. The molecule has 0 N–H and O–H groups in total. The molecule has 1 aliphatic heterocycles. The van der Waals surface area contributed by atoms with Gasteiger partial charge in [-0.15, -0.1) is 0 Å². The number of carbonyl (C=O) groups excluding carboxylic acids is 1. The number of anilines is 1. The van der Waals surface area contributed by atoms with Gasteiger partial charge in [-0.1, -0.05) is 52.7 Å². The molecule has 5 rings (SSSR count). The number of carbonyl (C=O) groups is 1. The van der Waals surface area contributed by atoms with E-state index in [9.17, 15) is 10.1 Å². The number of aromatic nitrogens is 1. The predicted octanol–water partition coefficient (Wildman–Crippen LogP) is 6.40. The van der Waals surface area contributed by atoms with Crippen LogP contribution in [0.25, 0.3) is 16.8 Å². The van der Waals surface area contributed by atoms with Crippen LogP contribution in [0, 0.1) is 11.3 Å². The minimum atomic E-state index is 0.189. The van der Waals surface area contributed by atoms with E-state index in [1.165, 1.54) is 33.6 Å². The second-order valence-electron chi connectivity index (χ2n) is 8.93. The van der Waals surface area contributed by atoms with Gasteiger partial charge in [0, 0.05) is 35.7 Å². The first-order valence-electron chi connectivity index (χ1n) is 11.5. The Kier molecular flexibility index (Phi) is 6.95. The number of hydrogen-bond acceptors (Lipinski definition) is 6. The molecule has 0 saturated heterocycles. The van der Waals surface area contributed by atoms with Crippen LogP contribution in [0.5, 0.6) is 0 Å². The molecule has 1 aromatic heterocycles. The number of nitrogens with zero attached hydrogens (tertiary/aromatic N) is 4. The maximum absolute atomic E-state index is 10.8. The summed E-state index contributed by atoms with van der Waals surface area (Å²) in [6.45, 7) is 2.20. The van der Waals surface area contributed by atoms with Crippen LogP contribution in [0.4, 0.5) is 5.13 Å². The number of hydrogen-bond donors (Lipinski definition) is 0. The summed E-state index contributed by atoms with van der Waals surface area (Å²) in [4.78, 5) is 20.6. The quantitative estimate of drug-likeness (QED) is 0.350. The highest BCUT2D eigenvalue weighted by Gasteiger charge is 2.29. The van der Waals surface area contributed by atoms with Crippen LogP contribution in [0.2, 0.25) is 10.0 Å². The van der Waals surface area contributed by atoms with Gasteiger partial charge in [-0.05, 0) is 65.8 Å². The molecule has 35 heavy (non-hydrogen) atoms. The van der Waals surface area contributed by atoms with Crippen molar-refractivity contribution >= 4 is 51.5 Å². The highest BCUT2D eigenvalue weighted by molar-refractivity contribution is 7.16. The lowest BCUT2D eigenvalue weighted by atomic mass is 9.95. The van der Waals surface area contributed by atoms with Gasteiger partial charge in [-0.3, -0.25) is 4.90 Å². The van der Waals surface area contributed by atoms with Crippen LogP contribution in [0.15, 0.2) is 42.5 Å². The van der Waals surface area contributed by atoms with Gasteiger partial charge in [0.05, 0.1) is 12.6 Å². The van der Waals surface area contributed by atoms with Crippen molar-refractivity contribution in [2.45, 2.75) is 25.3 Å². The molecular weight excluding hydrogens is 499 g/mol. The summed E-state index contributed by atoms with van der Waals surface area (Å²) in [6, 6.07) is 14.5. The number of rotatable bonds is 6. The Morgan fingerprint density at radius 1 is 1.20 bits per heavy atom. The van der Waals surface area contributed by atoms with Crippen LogP contribution in [0.1, 0.15) is 40.5 Å². The highest BCUT2D eigenvalue weighted by atomic mass is 35.5. The summed E-state index contributed by atoms with van der Waals surface area (Å²) in [6.07, 6.45) is 6.17. The SMILES string of the molecule is CN(c1nc(-c2cc(Cl)cc(Cl)c2)c(C#N)s1)C1CCc2ccc(C3=CCN(CC=O)CC3)cc21. The van der Waals surface area contributed by atoms with Crippen molar-refractivity contribution in [2.75, 3.05) is 31.6 Å². The largest absolute Gasteiger partial charge is 0.344 e. The Hall–Kier alpha value is -2.69. The molecule has 0 saturated carbocycles. The van der Waals surface area contributed by atoms with Crippen molar-refractivity contribution in [3.8, 4) is 17.3 Å². The number of benzene rings is 2. The van der Waals surface area contributed by atoms with Crippen molar-refractivity contribution in [3.63, 3.8) is 0 Å². The van der Waals surface area contributed by atoms with Gasteiger partial charge in [-0.25, -0.2) is 4.98 Å². The fourth-order valence-corrected chi connectivity index (χ4v) is 6.40. The number of aldehydes is 1. The minimum absolute atomic E-state index is 0.189. The van der Waals surface area contributed by atoms with E-state index in [1.54, 1.807) is 18.2 Å². The van der Waals surface area contributed by atoms with Gasteiger partial charge in [-0.2, -0.15) is 5.26 Å². The van der Waals surface area contributed by atoms with Crippen molar-refractivity contribution in [1.82, 2.24) is 9.88 Å². The van der Waals surface area contributed by atoms with Gasteiger partial charge >= 0.3 is 0 Å². The maximum Gasteiger partial charge on any atom is 0.187 e. The number of nitriles is 1. The monoisotopic (exact) mass is 522 g/mol. The van der Waals surface area contributed by atoms with Crippen LogP contribution in [-0.2, 0) is 11.2 Å². The summed E-state index contributed by atoms with van der Waals surface area (Å²) >= 11 is 13.8. The molecule has 5 nitrogen and oxygen atoms in total. The minimum Gasteiger partial charge on any atom is -0.344 e. The first-order chi connectivity index (χ1) is 17.0. The Balaban J connectivity index is 1.43. The van der Waals surface area contributed by atoms with Crippen LogP contribution in [-0.4, -0.2) is 42.9 Å². The van der Waals surface area contributed by atoms with Crippen molar-refractivity contribution in [2.24, 2.45) is 0 Å². The molecule has 0 amide bonds. The zero-order valence-electron chi connectivity index (χ0n) is 19.3. The van der Waals surface area contributed by atoms with Crippen LogP contribution < -0.4 is 4.90 Å². The van der Waals surface area contributed by atoms with E-state index in [4.69, 9.17) is 28.2 Å². The van der Waals surface area contributed by atoms with Crippen molar-refractivity contribution in [3.05, 3.63) is 74.1 Å². The third-order valence-electron chi connectivity index (χ3n) is 6.81. The van der Waals surface area contributed by atoms with E-state index >= 15 is 0 Å². The van der Waals surface area contributed by atoms with Crippen molar-refractivity contribution in [1.29, 1.82) is 5.26 Å². The smallest absolute Gasteiger partial charge is 0.187 e. The van der Waals surface area contributed by atoms with Crippen LogP contribution >= 0.6 is 34.5 Å². The molecule has 1 aliphatic carbocycles. The fraction of sp³-hybridized carbons (Fsp3) is 0.296. The van der Waals surface area contributed by atoms with Gasteiger partial charge in [0.15, 0.2) is 5.13 Å². The Bertz CT molecular complexity index is 1340. The lowest BCUT2D eigenvalue weighted by Gasteiger charge is -2.27. The molecule has 1 atom stereocenters. The molecular formula is C27H24Cl2N4OS. The predicted molar refractivity (Wildman–Crippen MR) is 143 cm³/mol. The molecule has 2 heterocycles. The maximum atomic E-state index is 10.8. The van der Waals surface area contributed by atoms with Gasteiger partial charge < -0.3 is 9.69 Å².